The molecule has 0 heterocycles. The summed E-state index contributed by atoms with van der Waals surface area (Å²) in [6, 6.07) is 0. The van der Waals surface area contributed by atoms with Crippen LogP contribution in [0.3, 0.4) is 0 Å². The molecule has 4 saturated carbocycles. The highest BCUT2D eigenvalue weighted by Gasteiger charge is 2.64. The van der Waals surface area contributed by atoms with Crippen LogP contribution in [-0.2, 0) is 9.59 Å². The zero-order valence-electron chi connectivity index (χ0n) is 21.6. The summed E-state index contributed by atoms with van der Waals surface area (Å²) in [4.78, 5) is 22.8. The Bertz CT molecular complexity index is 772. The van der Waals surface area contributed by atoms with E-state index in [-0.39, 0.29) is 41.4 Å². The molecule has 0 bridgehead atoms. The number of nitrogens with one attached hydrogen (secondary N) is 1. The molecule has 0 saturated heterocycles. The topological polar surface area (TPSA) is 107 Å². The molecule has 0 aliphatic heterocycles. The van der Waals surface area contributed by atoms with Crippen LogP contribution in [0, 0.1) is 52.3 Å². The Labute approximate surface area is 205 Å². The molecule has 1 amide bonds. The molecule has 4 aliphatic carbocycles. The zero-order valence-corrected chi connectivity index (χ0v) is 21.6. The van der Waals surface area contributed by atoms with Crippen LogP contribution < -0.4 is 5.32 Å². The van der Waals surface area contributed by atoms with Gasteiger partial charge in [0.2, 0.25) is 5.91 Å². The van der Waals surface area contributed by atoms with Crippen molar-refractivity contribution in [2.45, 2.75) is 104 Å². The van der Waals surface area contributed by atoms with Gasteiger partial charge < -0.3 is 20.6 Å². The minimum atomic E-state index is -1.01. The molecule has 6 heteroatoms. The van der Waals surface area contributed by atoms with Gasteiger partial charge >= 0.3 is 5.97 Å². The van der Waals surface area contributed by atoms with E-state index in [2.05, 4.69) is 33.0 Å². The van der Waals surface area contributed by atoms with Crippen LogP contribution in [0.25, 0.3) is 0 Å². The minimum Gasteiger partial charge on any atom is -0.480 e. The van der Waals surface area contributed by atoms with Gasteiger partial charge in [-0.05, 0) is 104 Å². The molecule has 4 rings (SSSR count). The summed E-state index contributed by atoms with van der Waals surface area (Å²) in [6.45, 7) is 9.10. The van der Waals surface area contributed by atoms with E-state index in [0.717, 1.165) is 51.4 Å². The molecule has 0 aromatic rings. The van der Waals surface area contributed by atoms with Gasteiger partial charge in [0.05, 0.1) is 12.2 Å². The molecule has 0 aromatic carbocycles. The average molecular weight is 478 g/mol. The number of carbonyl (C=O) groups excluding carboxylic acids is 1. The van der Waals surface area contributed by atoms with Gasteiger partial charge in [-0.1, -0.05) is 34.1 Å². The number of carboxylic acids is 1. The first-order chi connectivity index (χ1) is 16.0. The first kappa shape index (κ1) is 25.9. The summed E-state index contributed by atoms with van der Waals surface area (Å²) in [7, 11) is 0. The fraction of sp³-hybridized carbons (Fsp3) is 0.929. The zero-order chi connectivity index (χ0) is 24.8. The molecular weight excluding hydrogens is 430 g/mol. The molecule has 6 nitrogen and oxygen atoms in total. The van der Waals surface area contributed by atoms with E-state index in [4.69, 9.17) is 5.11 Å². The van der Waals surface area contributed by atoms with Crippen molar-refractivity contribution in [1.82, 2.24) is 5.32 Å². The van der Waals surface area contributed by atoms with Crippen molar-refractivity contribution >= 4 is 11.9 Å². The summed E-state index contributed by atoms with van der Waals surface area (Å²) in [6.07, 6.45) is 9.14. The van der Waals surface area contributed by atoms with Crippen LogP contribution in [0.2, 0.25) is 0 Å². The standard InChI is InChI=1S/C28H47NO5/c1-5-18-22-14-17(30)10-12-28(22,4)21-11-13-27(3)19(7-8-20(27)25(21)26(18)34)16(2)6-9-23(31)29-15-24(32)33/h16-22,25-26,30,34H,5-15H2,1-4H3,(H,29,31)(H,32,33). The Morgan fingerprint density at radius 1 is 1.00 bits per heavy atom. The Morgan fingerprint density at radius 2 is 1.68 bits per heavy atom. The smallest absolute Gasteiger partial charge is 0.322 e. The van der Waals surface area contributed by atoms with Crippen LogP contribution in [0.5, 0.6) is 0 Å². The fourth-order valence-electron chi connectivity index (χ4n) is 9.76. The number of carbonyl (C=O) groups is 2. The van der Waals surface area contributed by atoms with E-state index in [9.17, 15) is 19.8 Å². The third-order valence-corrected chi connectivity index (χ3v) is 11.4. The normalized spacial score (nSPS) is 46.6. The van der Waals surface area contributed by atoms with Crippen LogP contribution in [0.15, 0.2) is 0 Å². The monoisotopic (exact) mass is 477 g/mol. The highest BCUT2D eigenvalue weighted by Crippen LogP contribution is 2.69. The Kier molecular flexibility index (Phi) is 7.42. The highest BCUT2D eigenvalue weighted by molar-refractivity contribution is 5.81. The lowest BCUT2D eigenvalue weighted by molar-refractivity contribution is -0.203. The van der Waals surface area contributed by atoms with Crippen LogP contribution in [0.1, 0.15) is 91.9 Å². The molecule has 0 radical (unpaired) electrons. The Morgan fingerprint density at radius 3 is 2.35 bits per heavy atom. The maximum atomic E-state index is 12.1. The first-order valence-corrected chi connectivity index (χ1v) is 13.9. The second-order valence-corrected chi connectivity index (χ2v) is 12.8. The van der Waals surface area contributed by atoms with Crippen molar-refractivity contribution in [3.05, 3.63) is 0 Å². The SMILES string of the molecule is CCC1C(O)C2C3CCC(C(C)CCC(=O)NCC(=O)O)C3(C)CCC2C2(C)CCC(O)CC12. The molecule has 4 fully saturated rings. The van der Waals surface area contributed by atoms with Gasteiger partial charge in [0.15, 0.2) is 0 Å². The quantitative estimate of drug-likeness (QED) is 0.439. The molecule has 34 heavy (non-hydrogen) atoms. The van der Waals surface area contributed by atoms with Crippen LogP contribution >= 0.6 is 0 Å². The predicted molar refractivity (Wildman–Crippen MR) is 131 cm³/mol. The van der Waals surface area contributed by atoms with Gasteiger partial charge in [-0.3, -0.25) is 9.59 Å². The summed E-state index contributed by atoms with van der Waals surface area (Å²) < 4.78 is 0. The van der Waals surface area contributed by atoms with Gasteiger partial charge in [0.25, 0.3) is 0 Å². The van der Waals surface area contributed by atoms with Gasteiger partial charge in [-0.25, -0.2) is 0 Å². The summed E-state index contributed by atoms with van der Waals surface area (Å²) in [5.41, 5.74) is 0.409. The van der Waals surface area contributed by atoms with Crippen LogP contribution in [0.4, 0.5) is 0 Å². The van der Waals surface area contributed by atoms with Crippen molar-refractivity contribution in [2.75, 3.05) is 6.54 Å². The molecule has 0 aromatic heterocycles. The maximum Gasteiger partial charge on any atom is 0.322 e. The van der Waals surface area contributed by atoms with Gasteiger partial charge in [0.1, 0.15) is 6.54 Å². The van der Waals surface area contributed by atoms with Crippen molar-refractivity contribution in [3.8, 4) is 0 Å². The second kappa shape index (κ2) is 9.72. The van der Waals surface area contributed by atoms with Crippen molar-refractivity contribution in [2.24, 2.45) is 52.3 Å². The Hall–Kier alpha value is -1.14. The lowest BCUT2D eigenvalue weighted by Crippen LogP contribution is -2.62. The lowest BCUT2D eigenvalue weighted by Gasteiger charge is -2.64. The average Bonchev–Trinajstić information content (AvgIpc) is 3.14. The van der Waals surface area contributed by atoms with Gasteiger partial charge in [-0.15, -0.1) is 0 Å². The molecule has 0 spiro atoms. The molecule has 11 atom stereocenters. The third-order valence-electron chi connectivity index (χ3n) is 11.4. The van der Waals surface area contributed by atoms with E-state index < -0.39 is 5.97 Å². The van der Waals surface area contributed by atoms with E-state index in [1.165, 1.54) is 6.42 Å². The highest BCUT2D eigenvalue weighted by atomic mass is 16.4. The van der Waals surface area contributed by atoms with E-state index >= 15 is 0 Å². The van der Waals surface area contributed by atoms with E-state index in [1.807, 2.05) is 0 Å². The Balaban J connectivity index is 1.49. The summed E-state index contributed by atoms with van der Waals surface area (Å²) in [5.74, 6) is 1.85. The number of hydrogen-bond acceptors (Lipinski definition) is 4. The predicted octanol–water partition coefficient (Wildman–Crippen LogP) is 4.23. The number of aliphatic hydroxyl groups excluding tert-OH is 2. The molecule has 4 N–H and O–H groups in total. The number of aliphatic hydroxyl groups is 2. The second-order valence-electron chi connectivity index (χ2n) is 12.8. The van der Waals surface area contributed by atoms with Gasteiger partial charge in [0, 0.05) is 6.42 Å². The number of aliphatic carboxylic acids is 1. The van der Waals surface area contributed by atoms with Crippen molar-refractivity contribution < 1.29 is 24.9 Å². The number of hydrogen-bond donors (Lipinski definition) is 4. The first-order valence-electron chi connectivity index (χ1n) is 13.9. The summed E-state index contributed by atoms with van der Waals surface area (Å²) >= 11 is 0. The fourth-order valence-corrected chi connectivity index (χ4v) is 9.76. The number of carboxylic acid groups (broad SMARTS) is 1. The number of fused-ring (bicyclic) bond motifs is 5. The van der Waals surface area contributed by atoms with Crippen LogP contribution in [-0.4, -0.2) is 45.9 Å². The maximum absolute atomic E-state index is 12.1. The molecule has 11 unspecified atom stereocenters. The van der Waals surface area contributed by atoms with Crippen molar-refractivity contribution in [3.63, 3.8) is 0 Å². The van der Waals surface area contributed by atoms with Crippen molar-refractivity contribution in [1.29, 1.82) is 0 Å². The van der Waals surface area contributed by atoms with E-state index in [1.54, 1.807) is 0 Å². The van der Waals surface area contributed by atoms with Gasteiger partial charge in [-0.2, -0.15) is 0 Å². The lowest BCUT2D eigenvalue weighted by atomic mass is 9.41. The molecular formula is C28H47NO5. The third kappa shape index (κ3) is 4.31. The molecule has 4 aliphatic rings. The minimum absolute atomic E-state index is 0.176. The number of amides is 1. The largest absolute Gasteiger partial charge is 0.480 e. The molecule has 194 valence electrons. The number of rotatable bonds is 7. The summed E-state index contributed by atoms with van der Waals surface area (Å²) in [5, 5.41) is 33.5. The van der Waals surface area contributed by atoms with E-state index in [0.29, 0.717) is 41.9 Å².